The molecule has 1 N–H and O–H groups in total. The van der Waals surface area contributed by atoms with Crippen LogP contribution in [0.1, 0.15) is 37.5 Å². The second kappa shape index (κ2) is 6.33. The van der Waals surface area contributed by atoms with Gasteiger partial charge in [-0.25, -0.2) is 0 Å². The molecule has 1 aliphatic carbocycles. The van der Waals surface area contributed by atoms with Gasteiger partial charge in [-0.3, -0.25) is 9.59 Å². The molecule has 0 spiro atoms. The molecule has 116 valence electrons. The molecule has 1 amide bonds. The van der Waals surface area contributed by atoms with Crippen LogP contribution >= 0.6 is 0 Å². The molecule has 5 heteroatoms. The van der Waals surface area contributed by atoms with Gasteiger partial charge in [0.1, 0.15) is 5.76 Å². The number of rotatable bonds is 5. The largest absolute Gasteiger partial charge is 0.481 e. The van der Waals surface area contributed by atoms with E-state index in [0.717, 1.165) is 17.7 Å². The quantitative estimate of drug-likeness (QED) is 0.906. The number of carboxylic acids is 1. The van der Waals surface area contributed by atoms with Crippen molar-refractivity contribution in [3.8, 4) is 0 Å². The summed E-state index contributed by atoms with van der Waals surface area (Å²) in [5.41, 5.74) is 0.961. The van der Waals surface area contributed by atoms with E-state index in [1.807, 2.05) is 13.0 Å². The highest BCUT2D eigenvalue weighted by atomic mass is 16.4. The SMILES string of the molecule is CCC1C[C@H](C(=O)N(C)Cc2ccoc2C)[C@H](C(=O)O)C1. The van der Waals surface area contributed by atoms with E-state index in [4.69, 9.17) is 4.42 Å². The summed E-state index contributed by atoms with van der Waals surface area (Å²) in [5.74, 6) is -0.734. The van der Waals surface area contributed by atoms with E-state index in [1.165, 1.54) is 0 Å². The number of aliphatic carboxylic acids is 1. The first-order valence-corrected chi connectivity index (χ1v) is 7.44. The summed E-state index contributed by atoms with van der Waals surface area (Å²) >= 11 is 0. The smallest absolute Gasteiger partial charge is 0.307 e. The average molecular weight is 293 g/mol. The molecule has 0 radical (unpaired) electrons. The number of carbonyl (C=O) groups is 2. The van der Waals surface area contributed by atoms with Crippen LogP contribution in [0, 0.1) is 24.7 Å². The number of carbonyl (C=O) groups excluding carboxylic acids is 1. The summed E-state index contributed by atoms with van der Waals surface area (Å²) in [4.78, 5) is 25.6. The monoisotopic (exact) mass is 293 g/mol. The molecule has 1 saturated carbocycles. The Balaban J connectivity index is 2.07. The van der Waals surface area contributed by atoms with E-state index in [2.05, 4.69) is 6.92 Å². The van der Waals surface area contributed by atoms with Crippen LogP contribution in [-0.4, -0.2) is 28.9 Å². The van der Waals surface area contributed by atoms with Crippen LogP contribution in [0.15, 0.2) is 16.7 Å². The molecule has 0 saturated heterocycles. The van der Waals surface area contributed by atoms with E-state index in [0.29, 0.717) is 25.3 Å². The van der Waals surface area contributed by atoms with Crippen LogP contribution in [0.4, 0.5) is 0 Å². The fourth-order valence-corrected chi connectivity index (χ4v) is 3.21. The van der Waals surface area contributed by atoms with E-state index in [-0.39, 0.29) is 5.91 Å². The minimum Gasteiger partial charge on any atom is -0.481 e. The van der Waals surface area contributed by atoms with Gasteiger partial charge >= 0.3 is 5.97 Å². The second-order valence-electron chi connectivity index (χ2n) is 5.99. The van der Waals surface area contributed by atoms with Crippen molar-refractivity contribution >= 4 is 11.9 Å². The molecular formula is C16H23NO4. The van der Waals surface area contributed by atoms with Gasteiger partial charge < -0.3 is 14.4 Å². The van der Waals surface area contributed by atoms with E-state index in [9.17, 15) is 14.7 Å². The Labute approximate surface area is 124 Å². The summed E-state index contributed by atoms with van der Waals surface area (Å²) in [5, 5.41) is 9.34. The molecule has 1 fully saturated rings. The molecule has 1 aromatic heterocycles. The van der Waals surface area contributed by atoms with Crippen LogP contribution in [0.25, 0.3) is 0 Å². The number of amides is 1. The highest BCUT2D eigenvalue weighted by Gasteiger charge is 2.43. The lowest BCUT2D eigenvalue weighted by molar-refractivity contribution is -0.148. The molecule has 1 aliphatic rings. The zero-order valence-corrected chi connectivity index (χ0v) is 12.8. The van der Waals surface area contributed by atoms with Gasteiger partial charge in [0.2, 0.25) is 5.91 Å². The Morgan fingerprint density at radius 2 is 2.05 bits per heavy atom. The Morgan fingerprint density at radius 3 is 2.57 bits per heavy atom. The van der Waals surface area contributed by atoms with Crippen LogP contribution in [-0.2, 0) is 16.1 Å². The van der Waals surface area contributed by atoms with Crippen molar-refractivity contribution in [2.45, 2.75) is 39.7 Å². The Hall–Kier alpha value is -1.78. The molecular weight excluding hydrogens is 270 g/mol. The number of hydrogen-bond donors (Lipinski definition) is 1. The van der Waals surface area contributed by atoms with Crippen molar-refractivity contribution in [3.05, 3.63) is 23.7 Å². The molecule has 0 aliphatic heterocycles. The first-order chi connectivity index (χ1) is 9.93. The Kier molecular flexibility index (Phi) is 4.70. The number of furan rings is 1. The number of carboxylic acid groups (broad SMARTS) is 1. The van der Waals surface area contributed by atoms with Gasteiger partial charge in [0, 0.05) is 19.2 Å². The second-order valence-corrected chi connectivity index (χ2v) is 5.99. The zero-order valence-electron chi connectivity index (χ0n) is 12.8. The topological polar surface area (TPSA) is 70.8 Å². The fraction of sp³-hybridized carbons (Fsp3) is 0.625. The van der Waals surface area contributed by atoms with Crippen molar-refractivity contribution in [3.63, 3.8) is 0 Å². The summed E-state index contributed by atoms with van der Waals surface area (Å²) < 4.78 is 5.23. The molecule has 0 aromatic carbocycles. The van der Waals surface area contributed by atoms with Crippen molar-refractivity contribution in [2.75, 3.05) is 7.05 Å². The number of nitrogens with zero attached hydrogens (tertiary/aromatic N) is 1. The predicted molar refractivity (Wildman–Crippen MR) is 77.5 cm³/mol. The van der Waals surface area contributed by atoms with Crippen LogP contribution in [0.3, 0.4) is 0 Å². The maximum atomic E-state index is 12.6. The molecule has 21 heavy (non-hydrogen) atoms. The maximum absolute atomic E-state index is 12.6. The normalized spacial score (nSPS) is 25.0. The van der Waals surface area contributed by atoms with E-state index in [1.54, 1.807) is 18.2 Å². The Morgan fingerprint density at radius 1 is 1.38 bits per heavy atom. The third kappa shape index (κ3) is 3.28. The van der Waals surface area contributed by atoms with Gasteiger partial charge in [0.25, 0.3) is 0 Å². The van der Waals surface area contributed by atoms with Gasteiger partial charge in [-0.2, -0.15) is 0 Å². The van der Waals surface area contributed by atoms with Gasteiger partial charge in [-0.1, -0.05) is 13.3 Å². The third-order valence-electron chi connectivity index (χ3n) is 4.62. The lowest BCUT2D eigenvalue weighted by Gasteiger charge is -2.23. The van der Waals surface area contributed by atoms with Crippen molar-refractivity contribution in [1.82, 2.24) is 4.90 Å². The van der Waals surface area contributed by atoms with Gasteiger partial charge in [-0.15, -0.1) is 0 Å². The zero-order chi connectivity index (χ0) is 15.6. The van der Waals surface area contributed by atoms with E-state index < -0.39 is 17.8 Å². The first-order valence-electron chi connectivity index (χ1n) is 7.44. The Bertz CT molecular complexity index is 522. The fourth-order valence-electron chi connectivity index (χ4n) is 3.21. The standard InChI is InChI=1S/C16H23NO4/c1-4-11-7-13(14(8-11)16(19)20)15(18)17(3)9-12-5-6-21-10(12)2/h5-6,11,13-14H,4,7-9H2,1-3H3,(H,19,20)/t11?,13-,14+/m0/s1. The maximum Gasteiger partial charge on any atom is 0.307 e. The first kappa shape index (κ1) is 15.6. The van der Waals surface area contributed by atoms with Gasteiger partial charge in [0.15, 0.2) is 0 Å². The molecule has 0 bridgehead atoms. The molecule has 3 atom stereocenters. The average Bonchev–Trinajstić information content (AvgIpc) is 3.05. The molecule has 1 aromatic rings. The van der Waals surface area contributed by atoms with Gasteiger partial charge in [0.05, 0.1) is 18.1 Å². The molecule has 1 heterocycles. The van der Waals surface area contributed by atoms with Crippen LogP contribution in [0.2, 0.25) is 0 Å². The number of hydrogen-bond acceptors (Lipinski definition) is 3. The third-order valence-corrected chi connectivity index (χ3v) is 4.62. The highest BCUT2D eigenvalue weighted by Crippen LogP contribution is 2.39. The molecule has 5 nitrogen and oxygen atoms in total. The van der Waals surface area contributed by atoms with Crippen LogP contribution < -0.4 is 0 Å². The minimum atomic E-state index is -0.850. The van der Waals surface area contributed by atoms with E-state index >= 15 is 0 Å². The summed E-state index contributed by atoms with van der Waals surface area (Å²) in [6.45, 7) is 4.37. The van der Waals surface area contributed by atoms with Gasteiger partial charge in [-0.05, 0) is 31.7 Å². The summed E-state index contributed by atoms with van der Waals surface area (Å²) in [6.07, 6.45) is 3.83. The summed E-state index contributed by atoms with van der Waals surface area (Å²) in [6, 6.07) is 1.84. The van der Waals surface area contributed by atoms with Crippen molar-refractivity contribution in [2.24, 2.45) is 17.8 Å². The van der Waals surface area contributed by atoms with Crippen molar-refractivity contribution < 1.29 is 19.1 Å². The van der Waals surface area contributed by atoms with Crippen LogP contribution in [0.5, 0.6) is 0 Å². The molecule has 2 rings (SSSR count). The highest BCUT2D eigenvalue weighted by molar-refractivity contribution is 5.85. The minimum absolute atomic E-state index is 0.0704. The lowest BCUT2D eigenvalue weighted by atomic mass is 9.95. The number of aryl methyl sites for hydroxylation is 1. The molecule has 1 unspecified atom stereocenters. The van der Waals surface area contributed by atoms with Crippen molar-refractivity contribution in [1.29, 1.82) is 0 Å². The summed E-state index contributed by atoms with van der Waals surface area (Å²) in [7, 11) is 1.73. The predicted octanol–water partition coefficient (Wildman–Crippen LogP) is 2.68. The lowest BCUT2D eigenvalue weighted by Crippen LogP contribution is -2.36.